The van der Waals surface area contributed by atoms with E-state index in [2.05, 4.69) is 4.74 Å². The number of hydrogen-bond donors (Lipinski definition) is 5. The van der Waals surface area contributed by atoms with Gasteiger partial charge < -0.3 is 43.6 Å². The Labute approximate surface area is 229 Å². The average Bonchev–Trinajstić information content (AvgIpc) is 3.62. The summed E-state index contributed by atoms with van der Waals surface area (Å²) < 4.78 is 50.5. The van der Waals surface area contributed by atoms with Crippen LogP contribution in [0.2, 0.25) is 0 Å². The summed E-state index contributed by atoms with van der Waals surface area (Å²) in [4.78, 5) is 77.0. The molecule has 1 amide bonds. The van der Waals surface area contributed by atoms with Crippen molar-refractivity contribution < 1.29 is 57.3 Å². The monoisotopic (exact) mass is 616 g/mol. The molecule has 2 aromatic rings. The van der Waals surface area contributed by atoms with Gasteiger partial charge in [-0.05, 0) is 18.9 Å². The number of nitriles is 1. The fourth-order valence-electron chi connectivity index (χ4n) is 5.27. The fraction of sp³-hybridized carbons (Fsp3) is 0.455. The number of carboxylic acid groups (broad SMARTS) is 1. The molecule has 1 aromatic carbocycles. The molecule has 19 heteroatoms. The van der Waals surface area contributed by atoms with Crippen molar-refractivity contribution in [2.75, 3.05) is 31.1 Å². The topological polar surface area (TPSA) is 240 Å². The van der Waals surface area contributed by atoms with Crippen LogP contribution in [-0.2, 0) is 18.6 Å². The van der Waals surface area contributed by atoms with Crippen LogP contribution >= 0.6 is 15.2 Å². The molecular weight excluding hydrogens is 593 g/mol. The van der Waals surface area contributed by atoms with Gasteiger partial charge >= 0.3 is 32.8 Å². The molecule has 2 aliphatic heterocycles. The van der Waals surface area contributed by atoms with Crippen LogP contribution in [0.4, 0.5) is 14.9 Å². The highest BCUT2D eigenvalue weighted by atomic mass is 31.2. The lowest BCUT2D eigenvalue weighted by Gasteiger charge is -2.36. The average molecular weight is 616 g/mol. The number of nitrogens with zero attached hydrogens (tertiary/aromatic N) is 4. The predicted molar refractivity (Wildman–Crippen MR) is 135 cm³/mol. The maximum atomic E-state index is 15.6. The molecule has 41 heavy (non-hydrogen) atoms. The fourth-order valence-corrected chi connectivity index (χ4v) is 7.30. The van der Waals surface area contributed by atoms with E-state index >= 15 is 4.39 Å². The number of carbonyl (C=O) groups excluding carboxylic acids is 1. The summed E-state index contributed by atoms with van der Waals surface area (Å²) in [5.41, 5.74) is -4.97. The number of carboxylic acids is 1. The van der Waals surface area contributed by atoms with Crippen molar-refractivity contribution in [1.82, 2.24) is 9.47 Å². The Balaban J connectivity index is 1.53. The quantitative estimate of drug-likeness (QED) is 0.281. The first kappa shape index (κ1) is 29.2. The predicted octanol–water partition coefficient (Wildman–Crippen LogP) is 0.710. The molecule has 5 N–H and O–H groups in total. The molecule has 0 radical (unpaired) electrons. The highest BCUT2D eigenvalue weighted by Crippen LogP contribution is 2.60. The summed E-state index contributed by atoms with van der Waals surface area (Å²) in [6.45, 7) is -0.542. The Morgan fingerprint density at radius 1 is 1.17 bits per heavy atom. The molecule has 3 heterocycles. The van der Waals surface area contributed by atoms with E-state index in [0.717, 1.165) is 17.2 Å². The molecule has 0 unspecified atom stereocenters. The molecule has 220 valence electrons. The zero-order valence-corrected chi connectivity index (χ0v) is 22.7. The number of halogens is 1. The van der Waals surface area contributed by atoms with Crippen molar-refractivity contribution in [3.63, 3.8) is 0 Å². The molecule has 2 atom stereocenters. The van der Waals surface area contributed by atoms with Crippen LogP contribution in [0.25, 0.3) is 10.9 Å². The van der Waals surface area contributed by atoms with Crippen LogP contribution in [0.1, 0.15) is 34.8 Å². The molecule has 5 rings (SSSR count). The maximum absolute atomic E-state index is 15.6. The third-order valence-corrected chi connectivity index (χ3v) is 10.3. The number of fused-ring (bicyclic) bond motifs is 2. The number of rotatable bonds is 6. The van der Waals surface area contributed by atoms with Crippen molar-refractivity contribution in [2.45, 2.75) is 36.6 Å². The summed E-state index contributed by atoms with van der Waals surface area (Å²) in [5, 5.41) is 19.3. The molecule has 1 saturated carbocycles. The van der Waals surface area contributed by atoms with Crippen LogP contribution in [0.15, 0.2) is 17.1 Å². The van der Waals surface area contributed by atoms with Gasteiger partial charge in [-0.2, -0.15) is 5.26 Å². The number of anilines is 1. The van der Waals surface area contributed by atoms with E-state index in [1.807, 2.05) is 6.07 Å². The van der Waals surface area contributed by atoms with Crippen LogP contribution < -0.4 is 10.3 Å². The van der Waals surface area contributed by atoms with Gasteiger partial charge in [-0.3, -0.25) is 18.8 Å². The van der Waals surface area contributed by atoms with Gasteiger partial charge in [0.15, 0.2) is 0 Å². The van der Waals surface area contributed by atoms with Crippen molar-refractivity contribution in [2.24, 2.45) is 0 Å². The summed E-state index contributed by atoms with van der Waals surface area (Å²) in [5.74, 6) is -2.51. The van der Waals surface area contributed by atoms with Gasteiger partial charge in [0.1, 0.15) is 23.0 Å². The van der Waals surface area contributed by atoms with Crippen molar-refractivity contribution in [3.05, 3.63) is 39.4 Å². The molecule has 0 bridgehead atoms. The van der Waals surface area contributed by atoms with Gasteiger partial charge in [0.25, 0.3) is 0 Å². The van der Waals surface area contributed by atoms with E-state index in [1.165, 1.54) is 9.47 Å². The molecule has 2 saturated heterocycles. The Kier molecular flexibility index (Phi) is 7.24. The van der Waals surface area contributed by atoms with Crippen molar-refractivity contribution in [1.29, 1.82) is 5.26 Å². The number of ether oxygens (including phenoxy) is 2. The highest BCUT2D eigenvalue weighted by molar-refractivity contribution is 7.70. The number of amides is 1. The highest BCUT2D eigenvalue weighted by Gasteiger charge is 2.50. The second-order valence-corrected chi connectivity index (χ2v) is 13.6. The smallest absolute Gasteiger partial charge is 0.411 e. The Morgan fingerprint density at radius 3 is 2.39 bits per heavy atom. The Morgan fingerprint density at radius 2 is 1.83 bits per heavy atom. The van der Waals surface area contributed by atoms with Crippen LogP contribution in [-0.4, -0.2) is 90.2 Å². The van der Waals surface area contributed by atoms with E-state index < -0.39 is 61.8 Å². The zero-order chi connectivity index (χ0) is 30.0. The summed E-state index contributed by atoms with van der Waals surface area (Å²) in [7, 11) is -11.2. The molecule has 1 aliphatic carbocycles. The number of pyridine rings is 1. The second-order valence-electron chi connectivity index (χ2n) is 9.87. The third-order valence-electron chi connectivity index (χ3n) is 7.16. The summed E-state index contributed by atoms with van der Waals surface area (Å²) >= 11 is 0. The SMILES string of the molecule is N#Cc1c(N2C[C@@H]3OCCN(C(=O)OC(P(=O)(O)O)P(=O)(O)O)[C@H]3C2)c(F)cc2c(=O)c(C(=O)O)cn(C3CC3)c12. The zero-order valence-electron chi connectivity index (χ0n) is 20.9. The number of carbonyl (C=O) groups is 2. The Bertz CT molecular complexity index is 1640. The van der Waals surface area contributed by atoms with Gasteiger partial charge in [-0.25, -0.2) is 14.0 Å². The number of benzene rings is 1. The minimum atomic E-state index is -5.58. The summed E-state index contributed by atoms with van der Waals surface area (Å²) in [6.07, 6.45) is 0.178. The van der Waals surface area contributed by atoms with Gasteiger partial charge in [-0.1, -0.05) is 0 Å². The summed E-state index contributed by atoms with van der Waals surface area (Å²) in [6, 6.07) is 1.64. The van der Waals surface area contributed by atoms with Gasteiger partial charge in [0, 0.05) is 31.9 Å². The van der Waals surface area contributed by atoms with E-state index in [1.54, 1.807) is 0 Å². The van der Waals surface area contributed by atoms with Crippen LogP contribution in [0.5, 0.6) is 0 Å². The first-order valence-corrected chi connectivity index (χ1v) is 15.5. The number of aromatic nitrogens is 1. The van der Waals surface area contributed by atoms with E-state index in [4.69, 9.17) is 4.74 Å². The number of morpholine rings is 1. The molecule has 3 aliphatic rings. The van der Waals surface area contributed by atoms with Gasteiger partial charge in [-0.15, -0.1) is 0 Å². The Hall–Kier alpha value is -3.35. The first-order chi connectivity index (χ1) is 19.1. The maximum Gasteiger partial charge on any atom is 0.411 e. The molecular formula is C22H23FN4O12P2. The van der Waals surface area contributed by atoms with E-state index in [-0.39, 0.29) is 54.4 Å². The van der Waals surface area contributed by atoms with Gasteiger partial charge in [0.2, 0.25) is 5.43 Å². The number of hydrogen-bond acceptors (Lipinski definition) is 9. The lowest BCUT2D eigenvalue weighted by atomic mass is 10.0. The first-order valence-electron chi connectivity index (χ1n) is 12.1. The van der Waals surface area contributed by atoms with Crippen LogP contribution in [0.3, 0.4) is 0 Å². The molecule has 16 nitrogen and oxygen atoms in total. The minimum Gasteiger partial charge on any atom is -0.477 e. The van der Waals surface area contributed by atoms with Crippen molar-refractivity contribution >= 4 is 43.8 Å². The van der Waals surface area contributed by atoms with Crippen LogP contribution in [0, 0.1) is 17.1 Å². The third kappa shape index (κ3) is 5.24. The standard InChI is InChI=1S/C22H23FN4O12P2/c23-14-5-11-17(27(10-1-2-10)7-13(19(11)28)20(29)30)12(6-24)18(14)25-8-15-16(9-25)38-4-3-26(15)21(31)39-22(40(32,33)34)41(35,36)37/h5,7,10,15-16,22H,1-4,8-9H2,(H,29,30)(H2,32,33,34)(H2,35,36,37)/t15-,16-/m0/s1. The molecule has 3 fully saturated rings. The normalized spacial score (nSPS) is 21.2. The molecule has 0 spiro atoms. The van der Waals surface area contributed by atoms with Gasteiger partial charge in [0.05, 0.1) is 35.3 Å². The lowest BCUT2D eigenvalue weighted by molar-refractivity contribution is -0.0435. The van der Waals surface area contributed by atoms with Crippen molar-refractivity contribution in [3.8, 4) is 6.07 Å². The second kappa shape index (κ2) is 10.2. The van der Waals surface area contributed by atoms with E-state index in [9.17, 15) is 53.5 Å². The minimum absolute atomic E-state index is 0.0552. The largest absolute Gasteiger partial charge is 0.477 e. The lowest BCUT2D eigenvalue weighted by Crippen LogP contribution is -2.53. The van der Waals surface area contributed by atoms with E-state index in [0.29, 0.717) is 12.8 Å². The molecule has 1 aromatic heterocycles. The number of aromatic carboxylic acids is 1.